The van der Waals surface area contributed by atoms with Gasteiger partial charge in [0.15, 0.2) is 9.84 Å². The predicted molar refractivity (Wildman–Crippen MR) is 142 cm³/mol. The van der Waals surface area contributed by atoms with Gasteiger partial charge in [-0.3, -0.25) is 4.79 Å². The summed E-state index contributed by atoms with van der Waals surface area (Å²) in [6, 6.07) is 15.9. The highest BCUT2D eigenvalue weighted by Crippen LogP contribution is 2.42. The molecule has 0 aliphatic carbocycles. The summed E-state index contributed by atoms with van der Waals surface area (Å²) in [4.78, 5) is 14.4. The third kappa shape index (κ3) is 6.63. The Morgan fingerprint density at radius 3 is 2.05 bits per heavy atom. The van der Waals surface area contributed by atoms with Crippen molar-refractivity contribution in [3.63, 3.8) is 0 Å². The van der Waals surface area contributed by atoms with Crippen molar-refractivity contribution in [3.8, 4) is 0 Å². The van der Waals surface area contributed by atoms with Crippen LogP contribution in [0.25, 0.3) is 0 Å². The Labute approximate surface area is 229 Å². The van der Waals surface area contributed by atoms with Crippen molar-refractivity contribution in [1.29, 1.82) is 0 Å². The van der Waals surface area contributed by atoms with E-state index < -0.39 is 39.4 Å². The number of hydrogen-bond acceptors (Lipinski definition) is 4. The fourth-order valence-corrected chi connectivity index (χ4v) is 5.74. The lowest BCUT2D eigenvalue weighted by molar-refractivity contribution is -0.137. The maximum absolute atomic E-state index is 14.6. The molecule has 3 aromatic carbocycles. The third-order valence-electron chi connectivity index (χ3n) is 7.17. The molecule has 0 aromatic heterocycles. The standard InChI is InChI=1S/C29H29F5N2O3S/c1-3-40(38,39)25-14-4-19(5-15-25)17-35-27(37)21-8-12-24(13-9-21)36-18-22(16-26(36)28(2,30)31)20-6-10-23(11-7-20)29(32,33)34/h4-15,22,26H,3,16-18H2,1-2H3,(H,35,37)/t22?,26-/m0/s1. The molecular weight excluding hydrogens is 551 g/mol. The largest absolute Gasteiger partial charge is 0.416 e. The summed E-state index contributed by atoms with van der Waals surface area (Å²) in [5.74, 6) is -3.86. The normalized spacial score (nSPS) is 18.1. The zero-order chi connectivity index (χ0) is 29.3. The Morgan fingerprint density at radius 1 is 0.925 bits per heavy atom. The van der Waals surface area contributed by atoms with E-state index in [4.69, 9.17) is 0 Å². The second-order valence-corrected chi connectivity index (χ2v) is 12.2. The van der Waals surface area contributed by atoms with Gasteiger partial charge < -0.3 is 10.2 Å². The van der Waals surface area contributed by atoms with Gasteiger partial charge in [-0.25, -0.2) is 17.2 Å². The highest BCUT2D eigenvalue weighted by molar-refractivity contribution is 7.91. The SMILES string of the molecule is CCS(=O)(=O)c1ccc(CNC(=O)c2ccc(N3CC(c4ccc(C(F)(F)F)cc4)C[C@H]3C(C)(F)F)cc2)cc1. The summed E-state index contributed by atoms with van der Waals surface area (Å²) >= 11 is 0. The Balaban J connectivity index is 1.44. The van der Waals surface area contributed by atoms with Crippen molar-refractivity contribution in [3.05, 3.63) is 95.1 Å². The Kier molecular flexibility index (Phi) is 8.26. The minimum atomic E-state index is -4.48. The smallest absolute Gasteiger partial charge is 0.362 e. The van der Waals surface area contributed by atoms with E-state index in [1.807, 2.05) is 0 Å². The molecule has 1 unspecified atom stereocenters. The highest BCUT2D eigenvalue weighted by atomic mass is 32.2. The molecule has 5 nitrogen and oxygen atoms in total. The highest BCUT2D eigenvalue weighted by Gasteiger charge is 2.45. The molecule has 3 aromatic rings. The molecule has 1 aliphatic heterocycles. The first-order valence-corrected chi connectivity index (χ1v) is 14.4. The van der Waals surface area contributed by atoms with Crippen LogP contribution in [0.5, 0.6) is 0 Å². The monoisotopic (exact) mass is 580 g/mol. The lowest BCUT2D eigenvalue weighted by Gasteiger charge is -2.31. The number of rotatable bonds is 8. The van der Waals surface area contributed by atoms with Crippen molar-refractivity contribution in [1.82, 2.24) is 5.32 Å². The molecule has 1 fully saturated rings. The number of anilines is 1. The van der Waals surface area contributed by atoms with Gasteiger partial charge in [-0.05, 0) is 66.1 Å². The quantitative estimate of drug-likeness (QED) is 0.311. The Morgan fingerprint density at radius 2 is 1.52 bits per heavy atom. The fourth-order valence-electron chi connectivity index (χ4n) is 4.86. The number of sulfone groups is 1. The molecule has 1 amide bonds. The van der Waals surface area contributed by atoms with Gasteiger partial charge >= 0.3 is 6.18 Å². The number of carbonyl (C=O) groups excluding carboxylic acids is 1. The van der Waals surface area contributed by atoms with Crippen molar-refractivity contribution in [2.45, 2.75) is 55.8 Å². The first kappa shape index (κ1) is 29.5. The van der Waals surface area contributed by atoms with Crippen LogP contribution >= 0.6 is 0 Å². The van der Waals surface area contributed by atoms with Gasteiger partial charge in [0.05, 0.1) is 22.3 Å². The van der Waals surface area contributed by atoms with Crippen LogP contribution in [-0.2, 0) is 22.6 Å². The summed E-state index contributed by atoms with van der Waals surface area (Å²) < 4.78 is 91.8. The predicted octanol–water partition coefficient (Wildman–Crippen LogP) is 6.45. The number of amides is 1. The Hall–Kier alpha value is -3.47. The minimum Gasteiger partial charge on any atom is -0.362 e. The summed E-state index contributed by atoms with van der Waals surface area (Å²) in [6.07, 6.45) is -4.41. The van der Waals surface area contributed by atoms with E-state index in [9.17, 15) is 35.2 Å². The van der Waals surface area contributed by atoms with Gasteiger partial charge in [-0.1, -0.05) is 31.2 Å². The first-order chi connectivity index (χ1) is 18.7. The van der Waals surface area contributed by atoms with Crippen molar-refractivity contribution in [2.24, 2.45) is 0 Å². The number of nitrogens with zero attached hydrogens (tertiary/aromatic N) is 1. The van der Waals surface area contributed by atoms with E-state index in [2.05, 4.69) is 5.32 Å². The fraction of sp³-hybridized carbons (Fsp3) is 0.345. The number of alkyl halides is 5. The summed E-state index contributed by atoms with van der Waals surface area (Å²) in [6.45, 7) is 2.74. The van der Waals surface area contributed by atoms with Gasteiger partial charge in [-0.15, -0.1) is 0 Å². The molecule has 1 heterocycles. The van der Waals surface area contributed by atoms with Crippen molar-refractivity contribution >= 4 is 21.4 Å². The van der Waals surface area contributed by atoms with Gasteiger partial charge in [0.2, 0.25) is 0 Å². The maximum Gasteiger partial charge on any atom is 0.416 e. The van der Waals surface area contributed by atoms with Gasteiger partial charge in [0.1, 0.15) is 0 Å². The van der Waals surface area contributed by atoms with Crippen LogP contribution in [-0.4, -0.2) is 38.6 Å². The topological polar surface area (TPSA) is 66.5 Å². The molecule has 2 atom stereocenters. The van der Waals surface area contributed by atoms with Gasteiger partial charge in [-0.2, -0.15) is 13.2 Å². The summed E-state index contributed by atoms with van der Waals surface area (Å²) in [5.41, 5.74) is 1.26. The number of benzene rings is 3. The average molecular weight is 581 g/mol. The molecule has 0 spiro atoms. The van der Waals surface area contributed by atoms with Crippen LogP contribution in [0.1, 0.15) is 53.2 Å². The zero-order valence-corrected chi connectivity index (χ0v) is 22.7. The Bertz CT molecular complexity index is 1430. The van der Waals surface area contributed by atoms with Gasteiger partial charge in [0.25, 0.3) is 11.8 Å². The molecule has 40 heavy (non-hydrogen) atoms. The van der Waals surface area contributed by atoms with E-state index in [-0.39, 0.29) is 36.1 Å². The van der Waals surface area contributed by atoms with E-state index >= 15 is 0 Å². The lowest BCUT2D eigenvalue weighted by Crippen LogP contribution is -2.42. The lowest BCUT2D eigenvalue weighted by atomic mass is 9.94. The molecule has 11 heteroatoms. The van der Waals surface area contributed by atoms with Crippen molar-refractivity contribution < 1.29 is 35.2 Å². The molecule has 214 valence electrons. The number of halogens is 5. The van der Waals surface area contributed by atoms with Crippen LogP contribution in [0.4, 0.5) is 27.6 Å². The molecule has 1 saturated heterocycles. The van der Waals surface area contributed by atoms with E-state index in [1.165, 1.54) is 41.3 Å². The van der Waals surface area contributed by atoms with E-state index in [1.54, 1.807) is 31.2 Å². The molecule has 1 N–H and O–H groups in total. The molecule has 0 saturated carbocycles. The van der Waals surface area contributed by atoms with Gasteiger partial charge in [0, 0.05) is 37.2 Å². The minimum absolute atomic E-state index is 0.0110. The summed E-state index contributed by atoms with van der Waals surface area (Å²) in [7, 11) is -3.32. The van der Waals surface area contributed by atoms with E-state index in [0.717, 1.165) is 19.1 Å². The van der Waals surface area contributed by atoms with Crippen LogP contribution in [0.15, 0.2) is 77.7 Å². The van der Waals surface area contributed by atoms with Crippen LogP contribution in [0.2, 0.25) is 0 Å². The van der Waals surface area contributed by atoms with Crippen LogP contribution in [0.3, 0.4) is 0 Å². The average Bonchev–Trinajstić information content (AvgIpc) is 3.38. The second kappa shape index (κ2) is 11.2. The molecule has 1 aliphatic rings. The molecule has 4 rings (SSSR count). The number of carbonyl (C=O) groups is 1. The van der Waals surface area contributed by atoms with Crippen LogP contribution < -0.4 is 10.2 Å². The maximum atomic E-state index is 14.6. The molecular formula is C29H29F5N2O3S. The third-order valence-corrected chi connectivity index (χ3v) is 8.92. The summed E-state index contributed by atoms with van der Waals surface area (Å²) in [5, 5.41) is 2.75. The number of hydrogen-bond donors (Lipinski definition) is 1. The molecule has 0 bridgehead atoms. The molecule has 0 radical (unpaired) electrons. The zero-order valence-electron chi connectivity index (χ0n) is 21.9. The second-order valence-electron chi connectivity index (χ2n) is 9.95. The first-order valence-electron chi connectivity index (χ1n) is 12.7. The van der Waals surface area contributed by atoms with Crippen LogP contribution in [0, 0.1) is 0 Å². The number of nitrogens with one attached hydrogen (secondary N) is 1. The van der Waals surface area contributed by atoms with E-state index in [0.29, 0.717) is 22.4 Å². The van der Waals surface area contributed by atoms with Crippen molar-refractivity contribution in [2.75, 3.05) is 17.2 Å².